The van der Waals surface area contributed by atoms with Crippen LogP contribution in [0.1, 0.15) is 32.1 Å². The molecule has 0 spiro atoms. The van der Waals surface area contributed by atoms with Gasteiger partial charge in [0.05, 0.1) is 6.10 Å². The minimum Gasteiger partial charge on any atom is -0.392 e. The predicted molar refractivity (Wildman–Crippen MR) is 57.4 cm³/mol. The van der Waals surface area contributed by atoms with E-state index in [1.54, 1.807) is 0 Å². The third-order valence-electron chi connectivity index (χ3n) is 3.27. The summed E-state index contributed by atoms with van der Waals surface area (Å²) >= 11 is 0. The molecule has 0 bridgehead atoms. The number of amides is 1. The van der Waals surface area contributed by atoms with E-state index in [1.165, 1.54) is 0 Å². The highest BCUT2D eigenvalue weighted by Crippen LogP contribution is 2.32. The van der Waals surface area contributed by atoms with E-state index in [4.69, 9.17) is 0 Å². The molecule has 0 aromatic rings. The van der Waals surface area contributed by atoms with Gasteiger partial charge >= 0.3 is 0 Å². The summed E-state index contributed by atoms with van der Waals surface area (Å²) in [5.74, 6) is 0.642. The minimum atomic E-state index is -0.212. The maximum atomic E-state index is 11.3. The lowest BCUT2D eigenvalue weighted by Crippen LogP contribution is -2.38. The number of carbonyl (C=O) groups excluding carboxylic acids is 1. The van der Waals surface area contributed by atoms with Gasteiger partial charge in [0.1, 0.15) is 0 Å². The number of aliphatic hydroxyl groups excluding tert-OH is 1. The third kappa shape index (κ3) is 3.47. The Morgan fingerprint density at radius 2 is 2.27 bits per heavy atom. The van der Waals surface area contributed by atoms with E-state index in [1.807, 2.05) is 0 Å². The second kappa shape index (κ2) is 4.94. The largest absolute Gasteiger partial charge is 0.392 e. The van der Waals surface area contributed by atoms with Gasteiger partial charge in [-0.2, -0.15) is 0 Å². The summed E-state index contributed by atoms with van der Waals surface area (Å²) in [6.07, 6.45) is 4.72. The van der Waals surface area contributed by atoms with Crippen LogP contribution in [0.3, 0.4) is 0 Å². The molecule has 4 heteroatoms. The SMILES string of the molecule is O=C1CC(NCC(O)C2CC2)CCCN1. The smallest absolute Gasteiger partial charge is 0.221 e. The number of carbonyl (C=O) groups is 1. The first kappa shape index (κ1) is 10.9. The monoisotopic (exact) mass is 212 g/mol. The second-order valence-corrected chi connectivity index (χ2v) is 4.71. The number of hydrogen-bond donors (Lipinski definition) is 3. The van der Waals surface area contributed by atoms with Crippen LogP contribution >= 0.6 is 0 Å². The normalized spacial score (nSPS) is 29.4. The van der Waals surface area contributed by atoms with Crippen LogP contribution in [-0.4, -0.2) is 36.2 Å². The molecule has 2 rings (SSSR count). The zero-order valence-corrected chi connectivity index (χ0v) is 9.04. The fourth-order valence-electron chi connectivity index (χ4n) is 2.08. The van der Waals surface area contributed by atoms with Gasteiger partial charge in [0, 0.05) is 25.6 Å². The predicted octanol–water partition coefficient (Wildman–Crippen LogP) is 0.0156. The minimum absolute atomic E-state index is 0.130. The van der Waals surface area contributed by atoms with Crippen LogP contribution in [-0.2, 0) is 4.79 Å². The van der Waals surface area contributed by atoms with Crippen LogP contribution in [0, 0.1) is 5.92 Å². The summed E-state index contributed by atoms with van der Waals surface area (Å²) in [6.45, 7) is 1.44. The first-order valence-electron chi connectivity index (χ1n) is 5.94. The molecule has 0 aromatic carbocycles. The molecule has 2 unspecified atom stereocenters. The topological polar surface area (TPSA) is 61.4 Å². The Balaban J connectivity index is 1.69. The molecule has 2 atom stereocenters. The molecule has 15 heavy (non-hydrogen) atoms. The van der Waals surface area contributed by atoms with E-state index in [0.717, 1.165) is 32.2 Å². The molecule has 1 saturated heterocycles. The molecule has 1 saturated carbocycles. The summed E-state index contributed by atoms with van der Waals surface area (Å²) in [7, 11) is 0. The van der Waals surface area contributed by atoms with Crippen LogP contribution in [0.4, 0.5) is 0 Å². The molecule has 0 radical (unpaired) electrons. The summed E-state index contributed by atoms with van der Waals surface area (Å²) < 4.78 is 0. The lowest BCUT2D eigenvalue weighted by Gasteiger charge is -2.17. The summed E-state index contributed by atoms with van der Waals surface area (Å²) in [5, 5.41) is 15.9. The van der Waals surface area contributed by atoms with Crippen LogP contribution in [0.5, 0.6) is 0 Å². The van der Waals surface area contributed by atoms with E-state index >= 15 is 0 Å². The Hall–Kier alpha value is -0.610. The van der Waals surface area contributed by atoms with Crippen LogP contribution in [0.2, 0.25) is 0 Å². The van der Waals surface area contributed by atoms with Gasteiger partial charge in [-0.1, -0.05) is 0 Å². The first-order chi connectivity index (χ1) is 7.25. The van der Waals surface area contributed by atoms with E-state index in [2.05, 4.69) is 10.6 Å². The second-order valence-electron chi connectivity index (χ2n) is 4.71. The number of rotatable bonds is 4. The van der Waals surface area contributed by atoms with Crippen molar-refractivity contribution < 1.29 is 9.90 Å². The van der Waals surface area contributed by atoms with Crippen LogP contribution in [0.15, 0.2) is 0 Å². The number of hydrogen-bond acceptors (Lipinski definition) is 3. The quantitative estimate of drug-likeness (QED) is 0.615. The van der Waals surface area contributed by atoms with Gasteiger partial charge in [-0.3, -0.25) is 4.79 Å². The molecule has 4 nitrogen and oxygen atoms in total. The van der Waals surface area contributed by atoms with Gasteiger partial charge in [-0.15, -0.1) is 0 Å². The molecule has 3 N–H and O–H groups in total. The molecule has 1 amide bonds. The van der Waals surface area contributed by atoms with Gasteiger partial charge in [0.15, 0.2) is 0 Å². The molecule has 1 aliphatic heterocycles. The first-order valence-corrected chi connectivity index (χ1v) is 5.94. The molecule has 1 aliphatic carbocycles. The Labute approximate surface area is 90.4 Å². The fraction of sp³-hybridized carbons (Fsp3) is 0.909. The maximum absolute atomic E-state index is 11.3. The maximum Gasteiger partial charge on any atom is 0.221 e. The zero-order chi connectivity index (χ0) is 10.7. The van der Waals surface area contributed by atoms with Crippen LogP contribution < -0.4 is 10.6 Å². The van der Waals surface area contributed by atoms with Crippen molar-refractivity contribution in [1.29, 1.82) is 0 Å². The zero-order valence-electron chi connectivity index (χ0n) is 9.04. The molecule has 2 fully saturated rings. The van der Waals surface area contributed by atoms with E-state index < -0.39 is 0 Å². The molecule has 2 aliphatic rings. The average Bonchev–Trinajstić information content (AvgIpc) is 3.01. The molecule has 0 aromatic heterocycles. The Morgan fingerprint density at radius 1 is 1.47 bits per heavy atom. The fourth-order valence-corrected chi connectivity index (χ4v) is 2.08. The van der Waals surface area contributed by atoms with Crippen molar-refractivity contribution in [3.05, 3.63) is 0 Å². The summed E-state index contributed by atoms with van der Waals surface area (Å²) in [6, 6.07) is 0.251. The Morgan fingerprint density at radius 3 is 3.00 bits per heavy atom. The highest BCUT2D eigenvalue weighted by Gasteiger charge is 2.30. The van der Waals surface area contributed by atoms with Gasteiger partial charge in [-0.25, -0.2) is 0 Å². The lowest BCUT2D eigenvalue weighted by atomic mass is 10.1. The number of aliphatic hydroxyl groups is 1. The van der Waals surface area contributed by atoms with Gasteiger partial charge in [-0.05, 0) is 31.6 Å². The lowest BCUT2D eigenvalue weighted by molar-refractivity contribution is -0.121. The highest BCUT2D eigenvalue weighted by molar-refractivity contribution is 5.76. The van der Waals surface area contributed by atoms with Crippen LogP contribution in [0.25, 0.3) is 0 Å². The summed E-state index contributed by atoms with van der Waals surface area (Å²) in [4.78, 5) is 11.3. The van der Waals surface area contributed by atoms with Gasteiger partial charge in [0.2, 0.25) is 5.91 Å². The van der Waals surface area contributed by atoms with Crippen molar-refractivity contribution in [3.63, 3.8) is 0 Å². The summed E-state index contributed by atoms with van der Waals surface area (Å²) in [5.41, 5.74) is 0. The number of nitrogens with one attached hydrogen (secondary N) is 2. The van der Waals surface area contributed by atoms with Crippen molar-refractivity contribution in [2.24, 2.45) is 5.92 Å². The van der Waals surface area contributed by atoms with Crippen molar-refractivity contribution in [3.8, 4) is 0 Å². The van der Waals surface area contributed by atoms with Gasteiger partial charge in [0.25, 0.3) is 0 Å². The van der Waals surface area contributed by atoms with E-state index in [9.17, 15) is 9.90 Å². The molecule has 1 heterocycles. The van der Waals surface area contributed by atoms with E-state index in [0.29, 0.717) is 18.9 Å². The van der Waals surface area contributed by atoms with Crippen molar-refractivity contribution >= 4 is 5.91 Å². The molecular weight excluding hydrogens is 192 g/mol. The molecule has 86 valence electrons. The standard InChI is InChI=1S/C11H20N2O2/c14-10(8-3-4-8)7-13-9-2-1-5-12-11(15)6-9/h8-10,13-14H,1-7H2,(H,12,15). The third-order valence-corrected chi connectivity index (χ3v) is 3.27. The Bertz CT molecular complexity index is 229. The Kier molecular flexibility index (Phi) is 3.59. The van der Waals surface area contributed by atoms with Crippen molar-refractivity contribution in [2.45, 2.75) is 44.2 Å². The highest BCUT2D eigenvalue weighted by atomic mass is 16.3. The molecular formula is C11H20N2O2. The van der Waals surface area contributed by atoms with Crippen molar-refractivity contribution in [2.75, 3.05) is 13.1 Å². The van der Waals surface area contributed by atoms with E-state index in [-0.39, 0.29) is 18.1 Å². The van der Waals surface area contributed by atoms with Crippen molar-refractivity contribution in [1.82, 2.24) is 10.6 Å². The van der Waals surface area contributed by atoms with Gasteiger partial charge < -0.3 is 15.7 Å². The average molecular weight is 212 g/mol.